The number of rotatable bonds is 6. The standard InChI is InChI=1S/C32H30N6O3/c1-19(2)16-37-17-25(28-29(33)34-18-35-30(28)37)20-11-13-21(14-12-20)36-31(40)24-15-23-26(9-6-10-27(23)39)38(32(24)41)22-7-4-3-5-8-22/h3-5,7-8,11-15,17-19H,6,9-10,16H2,1-2H3,(H,36,40)(H2,33,34,35). The highest BCUT2D eigenvalue weighted by molar-refractivity contribution is 6.07. The molecule has 0 radical (unpaired) electrons. The van der Waals surface area contributed by atoms with Crippen LogP contribution in [0.15, 0.2) is 78.0 Å². The van der Waals surface area contributed by atoms with Crippen molar-refractivity contribution in [3.05, 3.63) is 100 Å². The first-order chi connectivity index (χ1) is 19.8. The summed E-state index contributed by atoms with van der Waals surface area (Å²) in [5.74, 6) is 0.188. The molecule has 9 nitrogen and oxygen atoms in total. The van der Waals surface area contributed by atoms with Crippen LogP contribution in [0.5, 0.6) is 0 Å². The third-order valence-corrected chi connectivity index (χ3v) is 7.38. The Morgan fingerprint density at radius 2 is 1.76 bits per heavy atom. The van der Waals surface area contributed by atoms with E-state index in [2.05, 4.69) is 33.7 Å². The van der Waals surface area contributed by atoms with Crippen molar-refractivity contribution < 1.29 is 9.59 Å². The predicted octanol–water partition coefficient (Wildman–Crippen LogP) is 5.26. The van der Waals surface area contributed by atoms with Crippen LogP contribution in [-0.2, 0) is 13.0 Å². The molecular formula is C32H30N6O3. The average molecular weight is 547 g/mol. The van der Waals surface area contributed by atoms with Gasteiger partial charge in [0.2, 0.25) is 0 Å². The molecule has 0 unspecified atom stereocenters. The Balaban J connectivity index is 1.34. The first kappa shape index (κ1) is 26.2. The van der Waals surface area contributed by atoms with Crippen LogP contribution in [0.3, 0.4) is 0 Å². The van der Waals surface area contributed by atoms with Gasteiger partial charge in [0, 0.05) is 47.4 Å². The third kappa shape index (κ3) is 4.80. The van der Waals surface area contributed by atoms with E-state index in [1.165, 1.54) is 17.0 Å². The number of carbonyl (C=O) groups excluding carboxylic acids is 2. The van der Waals surface area contributed by atoms with Gasteiger partial charge in [-0.2, -0.15) is 0 Å². The Hall–Kier alpha value is -5.05. The van der Waals surface area contributed by atoms with E-state index in [1.54, 1.807) is 24.3 Å². The summed E-state index contributed by atoms with van der Waals surface area (Å²) in [6.07, 6.45) is 5.16. The summed E-state index contributed by atoms with van der Waals surface area (Å²) in [5.41, 5.74) is 10.5. The van der Waals surface area contributed by atoms with E-state index in [-0.39, 0.29) is 11.3 Å². The quantitative estimate of drug-likeness (QED) is 0.299. The topological polar surface area (TPSA) is 125 Å². The fourth-order valence-corrected chi connectivity index (χ4v) is 5.53. The second-order valence-electron chi connectivity index (χ2n) is 10.7. The van der Waals surface area contributed by atoms with Gasteiger partial charge >= 0.3 is 0 Å². The number of nitrogen functional groups attached to an aromatic ring is 1. The zero-order valence-corrected chi connectivity index (χ0v) is 22.9. The molecule has 41 heavy (non-hydrogen) atoms. The number of benzene rings is 2. The van der Waals surface area contributed by atoms with Crippen molar-refractivity contribution in [3.8, 4) is 16.8 Å². The van der Waals surface area contributed by atoms with Gasteiger partial charge < -0.3 is 15.6 Å². The number of para-hydroxylation sites is 1. The highest BCUT2D eigenvalue weighted by Gasteiger charge is 2.26. The summed E-state index contributed by atoms with van der Waals surface area (Å²) in [6.45, 7) is 5.06. The molecule has 1 aliphatic carbocycles. The van der Waals surface area contributed by atoms with E-state index in [9.17, 15) is 14.4 Å². The van der Waals surface area contributed by atoms with Gasteiger partial charge in [0.15, 0.2) is 5.78 Å². The van der Waals surface area contributed by atoms with E-state index in [4.69, 9.17) is 5.73 Å². The number of hydrogen-bond acceptors (Lipinski definition) is 6. The van der Waals surface area contributed by atoms with Crippen molar-refractivity contribution in [2.75, 3.05) is 11.1 Å². The van der Waals surface area contributed by atoms with Crippen LogP contribution in [0.2, 0.25) is 0 Å². The van der Waals surface area contributed by atoms with E-state index >= 15 is 0 Å². The number of anilines is 2. The summed E-state index contributed by atoms with van der Waals surface area (Å²) < 4.78 is 3.59. The predicted molar refractivity (Wildman–Crippen MR) is 159 cm³/mol. The van der Waals surface area contributed by atoms with Crippen molar-refractivity contribution in [3.63, 3.8) is 0 Å². The first-order valence-electron chi connectivity index (χ1n) is 13.7. The minimum atomic E-state index is -0.570. The summed E-state index contributed by atoms with van der Waals surface area (Å²) in [6, 6.07) is 17.9. The van der Waals surface area contributed by atoms with E-state index in [0.717, 1.165) is 28.7 Å². The third-order valence-electron chi connectivity index (χ3n) is 7.38. The second kappa shape index (κ2) is 10.5. The second-order valence-corrected chi connectivity index (χ2v) is 10.7. The number of amides is 1. The summed E-state index contributed by atoms with van der Waals surface area (Å²) in [7, 11) is 0. The lowest BCUT2D eigenvalue weighted by molar-refractivity contribution is 0.0971. The maximum absolute atomic E-state index is 13.6. The van der Waals surface area contributed by atoms with E-state index < -0.39 is 11.5 Å². The summed E-state index contributed by atoms with van der Waals surface area (Å²) in [4.78, 5) is 48.5. The highest BCUT2D eigenvalue weighted by Crippen LogP contribution is 2.33. The lowest BCUT2D eigenvalue weighted by Gasteiger charge is -2.21. The molecule has 0 spiro atoms. The number of pyridine rings is 1. The number of carbonyl (C=O) groups is 2. The molecule has 0 saturated heterocycles. The molecule has 2 aromatic carbocycles. The highest BCUT2D eigenvalue weighted by atomic mass is 16.2. The van der Waals surface area contributed by atoms with Crippen molar-refractivity contribution >= 4 is 34.2 Å². The lowest BCUT2D eigenvalue weighted by Crippen LogP contribution is -2.33. The molecule has 9 heteroatoms. The lowest BCUT2D eigenvalue weighted by atomic mass is 9.92. The molecule has 0 fully saturated rings. The number of hydrogen-bond donors (Lipinski definition) is 2. The van der Waals surface area contributed by atoms with Crippen LogP contribution < -0.4 is 16.6 Å². The fraction of sp³-hybridized carbons (Fsp3) is 0.219. The Labute approximate surface area is 236 Å². The molecule has 6 rings (SSSR count). The maximum atomic E-state index is 13.6. The summed E-state index contributed by atoms with van der Waals surface area (Å²) in [5, 5.41) is 3.62. The number of nitrogens with zero attached hydrogens (tertiary/aromatic N) is 4. The van der Waals surface area contributed by atoms with Gasteiger partial charge in [-0.15, -0.1) is 0 Å². The molecule has 5 aromatic rings. The van der Waals surface area contributed by atoms with Gasteiger partial charge in [0.05, 0.1) is 5.39 Å². The van der Waals surface area contributed by atoms with Gasteiger partial charge in [0.25, 0.3) is 11.5 Å². The smallest absolute Gasteiger partial charge is 0.268 e. The normalized spacial score (nSPS) is 13.0. The Morgan fingerprint density at radius 1 is 1.00 bits per heavy atom. The summed E-state index contributed by atoms with van der Waals surface area (Å²) >= 11 is 0. The van der Waals surface area contributed by atoms with Crippen LogP contribution >= 0.6 is 0 Å². The molecule has 1 amide bonds. The maximum Gasteiger partial charge on any atom is 0.268 e. The molecule has 0 bridgehead atoms. The number of fused-ring (bicyclic) bond motifs is 2. The Bertz CT molecular complexity index is 1850. The minimum Gasteiger partial charge on any atom is -0.383 e. The van der Waals surface area contributed by atoms with Crippen LogP contribution in [0.1, 0.15) is 53.1 Å². The zero-order chi connectivity index (χ0) is 28.7. The van der Waals surface area contributed by atoms with Gasteiger partial charge in [-0.05, 0) is 54.7 Å². The number of ketones is 1. The van der Waals surface area contributed by atoms with Crippen molar-refractivity contribution in [2.24, 2.45) is 5.92 Å². The van der Waals surface area contributed by atoms with E-state index in [0.29, 0.717) is 53.6 Å². The SMILES string of the molecule is CC(C)Cn1cc(-c2ccc(NC(=O)c3cc4c(n(-c5ccccc5)c3=O)CCCC4=O)cc2)c2c(N)ncnc21. The Morgan fingerprint density at radius 3 is 2.49 bits per heavy atom. The van der Waals surface area contributed by atoms with Crippen LogP contribution in [0.25, 0.3) is 27.8 Å². The first-order valence-corrected chi connectivity index (χ1v) is 13.7. The molecule has 3 aromatic heterocycles. The largest absolute Gasteiger partial charge is 0.383 e. The number of nitrogens with one attached hydrogen (secondary N) is 1. The Kier molecular flexibility index (Phi) is 6.70. The van der Waals surface area contributed by atoms with Gasteiger partial charge in [-0.25, -0.2) is 9.97 Å². The molecule has 0 atom stereocenters. The molecule has 1 aliphatic rings. The van der Waals surface area contributed by atoms with Crippen LogP contribution in [-0.4, -0.2) is 30.8 Å². The molecule has 0 saturated carbocycles. The zero-order valence-electron chi connectivity index (χ0n) is 22.9. The number of aromatic nitrogens is 4. The van der Waals surface area contributed by atoms with Crippen LogP contribution in [0.4, 0.5) is 11.5 Å². The molecule has 3 heterocycles. The number of Topliss-reactive ketones (excluding diaryl/α,β-unsaturated/α-hetero) is 1. The van der Waals surface area contributed by atoms with Crippen LogP contribution in [0, 0.1) is 5.92 Å². The van der Waals surface area contributed by atoms with Gasteiger partial charge in [0.1, 0.15) is 23.4 Å². The molecule has 3 N–H and O–H groups in total. The molecular weight excluding hydrogens is 516 g/mol. The molecule has 206 valence electrons. The fourth-order valence-electron chi connectivity index (χ4n) is 5.53. The minimum absolute atomic E-state index is 0.0609. The van der Waals surface area contributed by atoms with E-state index in [1.807, 2.05) is 36.5 Å². The van der Waals surface area contributed by atoms with Crippen molar-refractivity contribution in [1.29, 1.82) is 0 Å². The monoisotopic (exact) mass is 546 g/mol. The average Bonchev–Trinajstić information content (AvgIpc) is 3.32. The van der Waals surface area contributed by atoms with Crippen molar-refractivity contribution in [2.45, 2.75) is 39.7 Å². The van der Waals surface area contributed by atoms with Crippen molar-refractivity contribution in [1.82, 2.24) is 19.1 Å². The van der Waals surface area contributed by atoms with Gasteiger partial charge in [-0.1, -0.05) is 44.2 Å². The van der Waals surface area contributed by atoms with Gasteiger partial charge in [-0.3, -0.25) is 19.0 Å². The molecule has 0 aliphatic heterocycles. The number of nitrogens with two attached hydrogens (primary N) is 1.